The van der Waals surface area contributed by atoms with Crippen molar-refractivity contribution in [1.82, 2.24) is 5.32 Å². The van der Waals surface area contributed by atoms with E-state index >= 15 is 0 Å². The Bertz CT molecular complexity index is 329. The fourth-order valence-electron chi connectivity index (χ4n) is 1.35. The fraction of sp³-hybridized carbons (Fsp3) is 0.417. The van der Waals surface area contributed by atoms with Crippen LogP contribution in [0.2, 0.25) is 0 Å². The molecule has 0 saturated heterocycles. The number of rotatable bonds is 5. The van der Waals surface area contributed by atoms with Gasteiger partial charge < -0.3 is 10.1 Å². The highest BCUT2D eigenvalue weighted by Crippen LogP contribution is 2.12. The van der Waals surface area contributed by atoms with E-state index in [1.165, 1.54) is 12.7 Å². The van der Waals surface area contributed by atoms with Gasteiger partial charge in [-0.05, 0) is 12.5 Å². The maximum Gasteiger partial charge on any atom is 0.320 e. The van der Waals surface area contributed by atoms with Crippen LogP contribution in [0, 0.1) is 0 Å². The van der Waals surface area contributed by atoms with Gasteiger partial charge in [0.1, 0.15) is 4.83 Å². The summed E-state index contributed by atoms with van der Waals surface area (Å²) in [6, 6.07) is 10.3. The van der Waals surface area contributed by atoms with Gasteiger partial charge in [-0.2, -0.15) is 0 Å². The third kappa shape index (κ3) is 3.94. The molecule has 0 aromatic heterocycles. The molecular weight excluding hydrogens is 270 g/mol. The van der Waals surface area contributed by atoms with Crippen molar-refractivity contribution < 1.29 is 9.53 Å². The topological polar surface area (TPSA) is 38.3 Å². The van der Waals surface area contributed by atoms with Crippen molar-refractivity contribution in [2.24, 2.45) is 0 Å². The first kappa shape index (κ1) is 13.2. The van der Waals surface area contributed by atoms with Gasteiger partial charge in [-0.15, -0.1) is 0 Å². The summed E-state index contributed by atoms with van der Waals surface area (Å²) in [6.45, 7) is 2.61. The van der Waals surface area contributed by atoms with Crippen LogP contribution in [0.25, 0.3) is 0 Å². The highest BCUT2D eigenvalue weighted by Gasteiger charge is 2.15. The Balaban J connectivity index is 2.41. The second kappa shape index (κ2) is 6.66. The van der Waals surface area contributed by atoms with E-state index in [0.29, 0.717) is 6.54 Å². The van der Waals surface area contributed by atoms with Crippen LogP contribution in [0.5, 0.6) is 0 Å². The average Bonchev–Trinajstić information content (AvgIpc) is 2.35. The molecule has 0 heterocycles. The number of alkyl halides is 1. The predicted octanol–water partition coefficient (Wildman–Crippen LogP) is 2.27. The first-order valence-electron chi connectivity index (χ1n) is 5.15. The van der Waals surface area contributed by atoms with Gasteiger partial charge in [-0.3, -0.25) is 4.79 Å². The zero-order chi connectivity index (χ0) is 12.0. The molecule has 3 nitrogen and oxygen atoms in total. The Morgan fingerprint density at radius 3 is 2.62 bits per heavy atom. The lowest BCUT2D eigenvalue weighted by Gasteiger charge is -2.16. The van der Waals surface area contributed by atoms with Crippen molar-refractivity contribution in [1.29, 1.82) is 0 Å². The Labute approximate surface area is 104 Å². The second-order valence-electron chi connectivity index (χ2n) is 3.53. The molecule has 0 aliphatic carbocycles. The number of ether oxygens (including phenoxy) is 1. The summed E-state index contributed by atoms with van der Waals surface area (Å²) in [5, 5.41) is 3.27. The first-order valence-corrected chi connectivity index (χ1v) is 6.07. The molecule has 0 spiro atoms. The van der Waals surface area contributed by atoms with Gasteiger partial charge in [0.05, 0.1) is 7.11 Å². The number of hydrogen-bond donors (Lipinski definition) is 1. The number of carbonyl (C=O) groups excluding carboxylic acids is 1. The van der Waals surface area contributed by atoms with Crippen molar-refractivity contribution in [3.05, 3.63) is 35.9 Å². The van der Waals surface area contributed by atoms with E-state index in [1.807, 2.05) is 18.2 Å². The quantitative estimate of drug-likeness (QED) is 0.666. The Kier molecular flexibility index (Phi) is 5.49. The minimum atomic E-state index is -0.302. The third-order valence-electron chi connectivity index (χ3n) is 2.36. The summed E-state index contributed by atoms with van der Waals surface area (Å²) in [7, 11) is 1.39. The van der Waals surface area contributed by atoms with E-state index in [-0.39, 0.29) is 16.8 Å². The van der Waals surface area contributed by atoms with Gasteiger partial charge in [0, 0.05) is 12.6 Å². The molecule has 4 heteroatoms. The van der Waals surface area contributed by atoms with E-state index in [9.17, 15) is 4.79 Å². The molecule has 88 valence electrons. The highest BCUT2D eigenvalue weighted by molar-refractivity contribution is 9.10. The Morgan fingerprint density at radius 2 is 2.06 bits per heavy atom. The molecular formula is C12H16BrNO2. The van der Waals surface area contributed by atoms with E-state index in [4.69, 9.17) is 0 Å². The average molecular weight is 286 g/mol. The molecule has 1 aromatic rings. The van der Waals surface area contributed by atoms with Gasteiger partial charge >= 0.3 is 5.97 Å². The molecule has 0 bridgehead atoms. The highest BCUT2D eigenvalue weighted by atomic mass is 79.9. The number of halogens is 1. The maximum absolute atomic E-state index is 11.2. The molecule has 2 unspecified atom stereocenters. The van der Waals surface area contributed by atoms with Crippen molar-refractivity contribution in [3.63, 3.8) is 0 Å². The summed E-state index contributed by atoms with van der Waals surface area (Å²) in [6.07, 6.45) is 0. The van der Waals surface area contributed by atoms with Gasteiger partial charge in [0.25, 0.3) is 0 Å². The van der Waals surface area contributed by atoms with Crippen LogP contribution in [-0.4, -0.2) is 24.5 Å². The van der Waals surface area contributed by atoms with Crippen LogP contribution in [0.15, 0.2) is 30.3 Å². The summed E-state index contributed by atoms with van der Waals surface area (Å²) in [4.78, 5) is 10.8. The zero-order valence-electron chi connectivity index (χ0n) is 9.44. The third-order valence-corrected chi connectivity index (χ3v) is 3.06. The van der Waals surface area contributed by atoms with Gasteiger partial charge in [-0.25, -0.2) is 0 Å². The minimum absolute atomic E-state index is 0.214. The van der Waals surface area contributed by atoms with Crippen LogP contribution in [-0.2, 0) is 9.53 Å². The van der Waals surface area contributed by atoms with Crippen LogP contribution < -0.4 is 5.32 Å². The van der Waals surface area contributed by atoms with E-state index in [0.717, 1.165) is 0 Å². The molecule has 1 N–H and O–H groups in total. The first-order chi connectivity index (χ1) is 7.65. The molecule has 0 aliphatic rings. The summed E-state index contributed by atoms with van der Waals surface area (Å²) >= 11 is 3.27. The smallest absolute Gasteiger partial charge is 0.320 e. The normalized spacial score (nSPS) is 14.2. The molecule has 0 fully saturated rings. The summed E-state index contributed by atoms with van der Waals surface area (Å²) < 4.78 is 4.62. The minimum Gasteiger partial charge on any atom is -0.468 e. The molecule has 0 amide bonds. The number of benzene rings is 1. The van der Waals surface area contributed by atoms with E-state index in [1.54, 1.807) is 0 Å². The predicted molar refractivity (Wildman–Crippen MR) is 67.6 cm³/mol. The van der Waals surface area contributed by atoms with Crippen LogP contribution >= 0.6 is 15.9 Å². The molecule has 16 heavy (non-hydrogen) atoms. The molecule has 0 saturated carbocycles. The van der Waals surface area contributed by atoms with Crippen molar-refractivity contribution >= 4 is 21.9 Å². The van der Waals surface area contributed by atoms with Crippen LogP contribution in [0.1, 0.15) is 18.5 Å². The lowest BCUT2D eigenvalue weighted by molar-refractivity contribution is -0.139. The van der Waals surface area contributed by atoms with Gasteiger partial charge in [0.15, 0.2) is 0 Å². The molecule has 1 rings (SSSR count). The molecule has 1 aromatic carbocycles. The monoisotopic (exact) mass is 285 g/mol. The summed E-state index contributed by atoms with van der Waals surface area (Å²) in [5.41, 5.74) is 1.20. The Morgan fingerprint density at radius 1 is 1.44 bits per heavy atom. The van der Waals surface area contributed by atoms with Crippen LogP contribution in [0.3, 0.4) is 0 Å². The lowest BCUT2D eigenvalue weighted by Crippen LogP contribution is -2.31. The zero-order valence-corrected chi connectivity index (χ0v) is 11.0. The van der Waals surface area contributed by atoms with Crippen molar-refractivity contribution in [2.45, 2.75) is 17.8 Å². The number of methoxy groups -OCH3 is 1. The fourth-order valence-corrected chi connectivity index (χ4v) is 1.72. The molecule has 0 radical (unpaired) electrons. The van der Waals surface area contributed by atoms with E-state index < -0.39 is 0 Å². The second-order valence-corrected chi connectivity index (χ2v) is 4.64. The van der Waals surface area contributed by atoms with Crippen molar-refractivity contribution in [3.8, 4) is 0 Å². The number of nitrogens with one attached hydrogen (secondary N) is 1. The van der Waals surface area contributed by atoms with Crippen molar-refractivity contribution in [2.75, 3.05) is 13.7 Å². The van der Waals surface area contributed by atoms with Gasteiger partial charge in [-0.1, -0.05) is 46.3 Å². The van der Waals surface area contributed by atoms with Crippen LogP contribution in [0.4, 0.5) is 0 Å². The largest absolute Gasteiger partial charge is 0.468 e. The maximum atomic E-state index is 11.2. The van der Waals surface area contributed by atoms with Gasteiger partial charge in [0.2, 0.25) is 0 Å². The standard InChI is InChI=1S/C12H16BrNO2/c1-9(10-6-4-3-5-7-10)14-8-11(13)12(15)16-2/h3-7,9,11,14H,8H2,1-2H3. The lowest BCUT2D eigenvalue weighted by atomic mass is 10.1. The number of carbonyl (C=O) groups is 1. The van der Waals surface area contributed by atoms with E-state index in [2.05, 4.69) is 45.0 Å². The number of hydrogen-bond acceptors (Lipinski definition) is 3. The number of esters is 1. The molecule has 0 aliphatic heterocycles. The Hall–Kier alpha value is -0.870. The molecule has 2 atom stereocenters. The SMILES string of the molecule is COC(=O)C(Br)CNC(C)c1ccccc1. The summed E-state index contributed by atoms with van der Waals surface area (Å²) in [5.74, 6) is -0.257.